The lowest BCUT2D eigenvalue weighted by atomic mass is 10.1. The molecule has 1 N–H and O–H groups in total. The predicted octanol–water partition coefficient (Wildman–Crippen LogP) is 3.71. The molecular formula is C19H24N4S. The first-order valence-electron chi connectivity index (χ1n) is 8.44. The lowest BCUT2D eigenvalue weighted by molar-refractivity contribution is 0.313. The molecule has 0 aromatic heterocycles. The smallest absolute Gasteiger partial charge is 0.0765 e. The molecule has 0 saturated carbocycles. The van der Waals surface area contributed by atoms with Crippen molar-refractivity contribution in [3.63, 3.8) is 0 Å². The minimum absolute atomic E-state index is 1.08. The van der Waals surface area contributed by atoms with E-state index in [1.807, 2.05) is 11.8 Å². The van der Waals surface area contributed by atoms with Crippen LogP contribution in [0.4, 0.5) is 22.7 Å². The van der Waals surface area contributed by atoms with Crippen molar-refractivity contribution in [1.29, 1.82) is 0 Å². The van der Waals surface area contributed by atoms with E-state index in [1.54, 1.807) is 0 Å². The van der Waals surface area contributed by atoms with E-state index in [1.165, 1.54) is 32.5 Å². The molecule has 126 valence electrons. The van der Waals surface area contributed by atoms with Crippen LogP contribution in [0, 0.1) is 0 Å². The van der Waals surface area contributed by atoms with Gasteiger partial charge in [0.2, 0.25) is 0 Å². The van der Waals surface area contributed by atoms with E-state index in [2.05, 4.69) is 77.6 Å². The zero-order chi connectivity index (χ0) is 16.7. The minimum Gasteiger partial charge on any atom is -0.378 e. The van der Waals surface area contributed by atoms with Gasteiger partial charge in [0.15, 0.2) is 0 Å². The maximum Gasteiger partial charge on any atom is 0.0765 e. The summed E-state index contributed by atoms with van der Waals surface area (Å²) in [5.41, 5.74) is 5.06. The van der Waals surface area contributed by atoms with Crippen LogP contribution in [-0.4, -0.2) is 52.2 Å². The molecule has 1 saturated heterocycles. The van der Waals surface area contributed by atoms with Gasteiger partial charge in [-0.25, -0.2) is 0 Å². The molecule has 0 atom stereocenters. The van der Waals surface area contributed by atoms with Gasteiger partial charge in [-0.1, -0.05) is 23.9 Å². The first-order chi connectivity index (χ1) is 11.6. The number of likely N-dealkylation sites (N-methyl/N-ethyl adjacent to an activating group) is 1. The maximum absolute atomic E-state index is 3.69. The van der Waals surface area contributed by atoms with Crippen LogP contribution in [-0.2, 0) is 0 Å². The summed E-state index contributed by atoms with van der Waals surface area (Å²) in [5, 5.41) is 3.69. The summed E-state index contributed by atoms with van der Waals surface area (Å²) in [6, 6.07) is 13.2. The van der Waals surface area contributed by atoms with Gasteiger partial charge < -0.3 is 20.0 Å². The third kappa shape index (κ3) is 2.82. The topological polar surface area (TPSA) is 21.8 Å². The zero-order valence-electron chi connectivity index (χ0n) is 14.5. The fraction of sp³-hybridized carbons (Fsp3) is 0.368. The Morgan fingerprint density at radius 1 is 1.00 bits per heavy atom. The molecule has 0 unspecified atom stereocenters. The Balaban J connectivity index is 1.77. The Morgan fingerprint density at radius 3 is 2.50 bits per heavy atom. The number of nitrogens with one attached hydrogen (secondary N) is 1. The highest BCUT2D eigenvalue weighted by Crippen LogP contribution is 2.49. The van der Waals surface area contributed by atoms with Gasteiger partial charge in [-0.15, -0.1) is 0 Å². The average molecular weight is 340 g/mol. The third-order valence-corrected chi connectivity index (χ3v) is 5.91. The van der Waals surface area contributed by atoms with Crippen molar-refractivity contribution in [2.24, 2.45) is 0 Å². The summed E-state index contributed by atoms with van der Waals surface area (Å²) in [4.78, 5) is 9.73. The molecule has 2 aromatic rings. The zero-order valence-corrected chi connectivity index (χ0v) is 15.4. The molecule has 0 bridgehead atoms. The summed E-state index contributed by atoms with van der Waals surface area (Å²) in [6.45, 7) is 4.39. The SMILES string of the molecule is CN1CCN(c2cc(N(C)C)cc3c2Nc2ccccc2S3)CC1. The number of anilines is 4. The monoisotopic (exact) mass is 340 g/mol. The van der Waals surface area contributed by atoms with Crippen molar-refractivity contribution in [2.75, 3.05) is 62.4 Å². The number of para-hydroxylation sites is 1. The largest absolute Gasteiger partial charge is 0.378 e. The number of fused-ring (bicyclic) bond motifs is 2. The van der Waals surface area contributed by atoms with Gasteiger partial charge in [-0.2, -0.15) is 0 Å². The number of piperazine rings is 1. The molecule has 2 aliphatic heterocycles. The van der Waals surface area contributed by atoms with Crippen LogP contribution < -0.4 is 15.1 Å². The Labute approximate surface area is 148 Å². The Bertz CT molecular complexity index is 751. The van der Waals surface area contributed by atoms with Crippen molar-refractivity contribution in [3.05, 3.63) is 36.4 Å². The van der Waals surface area contributed by atoms with Gasteiger partial charge in [0.05, 0.1) is 17.1 Å². The van der Waals surface area contributed by atoms with E-state index in [-0.39, 0.29) is 0 Å². The quantitative estimate of drug-likeness (QED) is 0.766. The second kappa shape index (κ2) is 6.22. The van der Waals surface area contributed by atoms with Gasteiger partial charge in [-0.05, 0) is 31.3 Å². The summed E-state index contributed by atoms with van der Waals surface area (Å²) >= 11 is 1.87. The molecule has 2 aliphatic rings. The van der Waals surface area contributed by atoms with E-state index in [0.29, 0.717) is 0 Å². The van der Waals surface area contributed by atoms with Crippen LogP contribution in [0.25, 0.3) is 0 Å². The molecule has 4 rings (SSSR count). The summed E-state index contributed by atoms with van der Waals surface area (Å²) in [7, 11) is 6.43. The van der Waals surface area contributed by atoms with Crippen LogP contribution in [0.3, 0.4) is 0 Å². The van der Waals surface area contributed by atoms with Crippen LogP contribution >= 0.6 is 11.8 Å². The predicted molar refractivity (Wildman–Crippen MR) is 104 cm³/mol. The van der Waals surface area contributed by atoms with E-state index in [9.17, 15) is 0 Å². The lowest BCUT2D eigenvalue weighted by Gasteiger charge is -2.37. The highest BCUT2D eigenvalue weighted by Gasteiger charge is 2.24. The van der Waals surface area contributed by atoms with Gasteiger partial charge in [0.1, 0.15) is 0 Å². The van der Waals surface area contributed by atoms with Crippen molar-refractivity contribution in [3.8, 4) is 0 Å². The molecule has 2 aromatic carbocycles. The maximum atomic E-state index is 3.69. The van der Waals surface area contributed by atoms with Gasteiger partial charge in [0.25, 0.3) is 0 Å². The van der Waals surface area contributed by atoms with Crippen LogP contribution in [0.1, 0.15) is 0 Å². The van der Waals surface area contributed by atoms with Crippen LogP contribution in [0.5, 0.6) is 0 Å². The second-order valence-electron chi connectivity index (χ2n) is 6.75. The fourth-order valence-corrected chi connectivity index (χ4v) is 4.31. The van der Waals surface area contributed by atoms with Crippen LogP contribution in [0.2, 0.25) is 0 Å². The Kier molecular flexibility index (Phi) is 4.06. The van der Waals surface area contributed by atoms with E-state index in [0.717, 1.165) is 26.2 Å². The second-order valence-corrected chi connectivity index (χ2v) is 7.83. The first-order valence-corrected chi connectivity index (χ1v) is 9.26. The van der Waals surface area contributed by atoms with E-state index >= 15 is 0 Å². The fourth-order valence-electron chi connectivity index (χ4n) is 3.26. The van der Waals surface area contributed by atoms with Crippen molar-refractivity contribution in [1.82, 2.24) is 4.90 Å². The molecule has 0 radical (unpaired) electrons. The highest BCUT2D eigenvalue weighted by molar-refractivity contribution is 7.99. The normalized spacial score (nSPS) is 17.0. The number of rotatable bonds is 2. The average Bonchev–Trinajstić information content (AvgIpc) is 2.59. The molecule has 5 heteroatoms. The summed E-state index contributed by atoms with van der Waals surface area (Å²) in [6.07, 6.45) is 0. The number of benzene rings is 2. The molecule has 4 nitrogen and oxygen atoms in total. The number of nitrogens with zero attached hydrogens (tertiary/aromatic N) is 3. The van der Waals surface area contributed by atoms with Crippen molar-refractivity contribution >= 4 is 34.5 Å². The van der Waals surface area contributed by atoms with E-state index < -0.39 is 0 Å². The standard InChI is InChI=1S/C19H24N4S/c1-21(2)14-12-16(23-10-8-22(3)9-11-23)19-18(13-14)24-17-7-5-4-6-15(17)20-19/h4-7,12-13,20H,8-11H2,1-3H3. The minimum atomic E-state index is 1.08. The van der Waals surface area contributed by atoms with E-state index in [4.69, 9.17) is 0 Å². The molecule has 0 spiro atoms. The molecule has 1 fully saturated rings. The molecule has 0 aliphatic carbocycles. The molecule has 2 heterocycles. The molecule has 0 amide bonds. The molecule has 24 heavy (non-hydrogen) atoms. The van der Waals surface area contributed by atoms with Crippen molar-refractivity contribution in [2.45, 2.75) is 9.79 Å². The van der Waals surface area contributed by atoms with Crippen LogP contribution in [0.15, 0.2) is 46.2 Å². The number of hydrogen-bond acceptors (Lipinski definition) is 5. The van der Waals surface area contributed by atoms with Crippen molar-refractivity contribution < 1.29 is 0 Å². The summed E-state index contributed by atoms with van der Waals surface area (Å²) in [5.74, 6) is 0. The van der Waals surface area contributed by atoms with Gasteiger partial charge in [-0.3, -0.25) is 0 Å². The Morgan fingerprint density at radius 2 is 1.75 bits per heavy atom. The Hall–Kier alpha value is -1.85. The molecular weight excluding hydrogens is 316 g/mol. The van der Waals surface area contributed by atoms with Gasteiger partial charge >= 0.3 is 0 Å². The third-order valence-electron chi connectivity index (χ3n) is 4.79. The van der Waals surface area contributed by atoms with Gasteiger partial charge in [0, 0.05) is 55.8 Å². The first kappa shape index (κ1) is 15.7. The number of hydrogen-bond donors (Lipinski definition) is 1. The lowest BCUT2D eigenvalue weighted by Crippen LogP contribution is -2.44. The highest BCUT2D eigenvalue weighted by atomic mass is 32.2. The summed E-state index contributed by atoms with van der Waals surface area (Å²) < 4.78 is 0.